The van der Waals surface area contributed by atoms with Gasteiger partial charge in [-0.15, -0.1) is 6.42 Å². The molecule has 0 saturated carbocycles. The van der Waals surface area contributed by atoms with E-state index in [4.69, 9.17) is 0 Å². The maximum absolute atomic E-state index is 12.4. The van der Waals surface area contributed by atoms with Crippen LogP contribution in [0.25, 0.3) is 0 Å². The van der Waals surface area contributed by atoms with Gasteiger partial charge in [-0.1, -0.05) is 5.92 Å². The average Bonchev–Trinajstić information content (AvgIpc) is 1.87. The Bertz CT molecular complexity index is 175. The molecule has 0 N–H and O–H groups in total. The molecule has 0 amide bonds. The van der Waals surface area contributed by atoms with E-state index in [1.807, 2.05) is 0 Å². The molecule has 0 rings (SSSR count). The summed E-state index contributed by atoms with van der Waals surface area (Å²) in [4.78, 5) is 0. The fourth-order valence-corrected chi connectivity index (χ4v) is 0.369. The first-order valence-electron chi connectivity index (χ1n) is 2.89. The second kappa shape index (κ2) is 2.72. The summed E-state index contributed by atoms with van der Waals surface area (Å²) < 4.78 is 48.2. The first-order chi connectivity index (χ1) is 4.75. The Kier molecular flexibility index (Phi) is 2.55. The van der Waals surface area contributed by atoms with Gasteiger partial charge in [0.25, 0.3) is 0 Å². The van der Waals surface area contributed by atoms with Crippen molar-refractivity contribution in [1.29, 1.82) is 0 Å². The number of hydrogen-bond acceptors (Lipinski definition) is 0. The summed E-state index contributed by atoms with van der Waals surface area (Å²) in [5.74, 6) is -2.49. The maximum atomic E-state index is 12.4. The Morgan fingerprint density at radius 1 is 1.27 bits per heavy atom. The van der Waals surface area contributed by atoms with Gasteiger partial charge in [0.1, 0.15) is 0 Å². The molecule has 0 aliphatic carbocycles. The van der Waals surface area contributed by atoms with Crippen molar-refractivity contribution in [2.24, 2.45) is 5.41 Å². The van der Waals surface area contributed by atoms with Crippen molar-refractivity contribution < 1.29 is 17.6 Å². The molecule has 0 fully saturated rings. The van der Waals surface area contributed by atoms with E-state index in [9.17, 15) is 17.6 Å². The zero-order chi connectivity index (χ0) is 9.28. The lowest BCUT2D eigenvalue weighted by Crippen LogP contribution is -2.41. The molecule has 0 nitrogen and oxygen atoms in total. The predicted octanol–water partition coefficient (Wildman–Crippen LogP) is 2.55. The molecular formula is C7H8F4. The van der Waals surface area contributed by atoms with Gasteiger partial charge in [0, 0.05) is 0 Å². The van der Waals surface area contributed by atoms with Gasteiger partial charge in [0.05, 0.1) is 5.41 Å². The second-order valence-corrected chi connectivity index (χ2v) is 2.69. The van der Waals surface area contributed by atoms with Crippen molar-refractivity contribution in [3.05, 3.63) is 0 Å². The highest BCUT2D eigenvalue weighted by Gasteiger charge is 2.53. The summed E-state index contributed by atoms with van der Waals surface area (Å²) in [6, 6.07) is 0. The van der Waals surface area contributed by atoms with Crippen molar-refractivity contribution in [3.8, 4) is 12.3 Å². The van der Waals surface area contributed by atoms with Crippen LogP contribution < -0.4 is 0 Å². The van der Waals surface area contributed by atoms with E-state index in [1.165, 1.54) is 0 Å². The van der Waals surface area contributed by atoms with Crippen LogP contribution >= 0.6 is 0 Å². The number of rotatable bonds is 2. The molecule has 0 atom stereocenters. The van der Waals surface area contributed by atoms with Gasteiger partial charge in [0.2, 0.25) is 0 Å². The van der Waals surface area contributed by atoms with Crippen LogP contribution in [0.1, 0.15) is 13.8 Å². The van der Waals surface area contributed by atoms with Gasteiger partial charge in [0.15, 0.2) is 0 Å². The lowest BCUT2D eigenvalue weighted by molar-refractivity contribution is -0.178. The van der Waals surface area contributed by atoms with E-state index in [2.05, 4.69) is 6.42 Å². The highest BCUT2D eigenvalue weighted by molar-refractivity contribution is 5.08. The third-order valence-corrected chi connectivity index (χ3v) is 1.47. The predicted molar refractivity (Wildman–Crippen MR) is 33.6 cm³/mol. The molecule has 0 spiro atoms. The summed E-state index contributed by atoms with van der Waals surface area (Å²) in [6.45, 7) is 1.80. The van der Waals surface area contributed by atoms with Crippen molar-refractivity contribution >= 4 is 0 Å². The van der Waals surface area contributed by atoms with Crippen molar-refractivity contribution in [3.63, 3.8) is 0 Å². The number of halogens is 4. The Balaban J connectivity index is 4.71. The highest BCUT2D eigenvalue weighted by atomic mass is 19.3. The molecule has 64 valence electrons. The maximum Gasteiger partial charge on any atom is 0.323 e. The lowest BCUT2D eigenvalue weighted by atomic mass is 9.87. The van der Waals surface area contributed by atoms with Crippen LogP contribution in [0.4, 0.5) is 17.6 Å². The largest absolute Gasteiger partial charge is 0.323 e. The topological polar surface area (TPSA) is 0 Å². The van der Waals surface area contributed by atoms with Gasteiger partial charge in [-0.05, 0) is 13.8 Å². The van der Waals surface area contributed by atoms with Crippen LogP contribution in [-0.4, -0.2) is 12.3 Å². The van der Waals surface area contributed by atoms with E-state index in [0.717, 1.165) is 13.8 Å². The van der Waals surface area contributed by atoms with Gasteiger partial charge < -0.3 is 0 Å². The van der Waals surface area contributed by atoms with Gasteiger partial charge in [-0.3, -0.25) is 0 Å². The fraction of sp³-hybridized carbons (Fsp3) is 0.714. The van der Waals surface area contributed by atoms with Crippen LogP contribution in [0.15, 0.2) is 0 Å². The molecule has 0 unspecified atom stereocenters. The number of alkyl halides is 4. The molecule has 0 bridgehead atoms. The van der Waals surface area contributed by atoms with Crippen LogP contribution in [0.5, 0.6) is 0 Å². The van der Waals surface area contributed by atoms with Crippen LogP contribution in [-0.2, 0) is 0 Å². The third kappa shape index (κ3) is 1.65. The molecular weight excluding hydrogens is 160 g/mol. The molecule has 0 aromatic carbocycles. The van der Waals surface area contributed by atoms with E-state index >= 15 is 0 Å². The zero-order valence-corrected chi connectivity index (χ0v) is 6.17. The molecule has 0 aliphatic heterocycles. The van der Waals surface area contributed by atoms with Gasteiger partial charge in [-0.25, -0.2) is 8.78 Å². The second-order valence-electron chi connectivity index (χ2n) is 2.69. The minimum atomic E-state index is -4.12. The smallest absolute Gasteiger partial charge is 0.204 e. The lowest BCUT2D eigenvalue weighted by Gasteiger charge is -2.28. The third-order valence-electron chi connectivity index (χ3n) is 1.47. The standard InChI is InChI=1S/C7H8F4/c1-4-6(2,3)7(10,11)5(8)9/h1,5H,2-3H3. The first kappa shape index (κ1) is 10.3. The highest BCUT2D eigenvalue weighted by Crippen LogP contribution is 2.40. The van der Waals surface area contributed by atoms with E-state index in [-0.39, 0.29) is 0 Å². The average molecular weight is 168 g/mol. The monoisotopic (exact) mass is 168 g/mol. The molecule has 0 aliphatic rings. The summed E-state index contributed by atoms with van der Waals surface area (Å²) in [6.07, 6.45) is 0.953. The minimum Gasteiger partial charge on any atom is -0.204 e. The van der Waals surface area contributed by atoms with Crippen LogP contribution in [0, 0.1) is 17.8 Å². The number of hydrogen-bond donors (Lipinski definition) is 0. The Morgan fingerprint density at radius 3 is 1.73 bits per heavy atom. The molecule has 4 heteroatoms. The normalized spacial score (nSPS) is 13.3. The first-order valence-corrected chi connectivity index (χ1v) is 2.89. The molecule has 0 radical (unpaired) electrons. The number of terminal acetylenes is 1. The van der Waals surface area contributed by atoms with E-state index in [0.29, 0.717) is 0 Å². The van der Waals surface area contributed by atoms with Crippen molar-refractivity contribution in [1.82, 2.24) is 0 Å². The van der Waals surface area contributed by atoms with Gasteiger partial charge in [-0.2, -0.15) is 8.78 Å². The fourth-order valence-electron chi connectivity index (χ4n) is 0.369. The minimum absolute atomic E-state index is 0.902. The van der Waals surface area contributed by atoms with Crippen LogP contribution in [0.3, 0.4) is 0 Å². The Morgan fingerprint density at radius 2 is 1.64 bits per heavy atom. The van der Waals surface area contributed by atoms with Crippen LogP contribution in [0.2, 0.25) is 0 Å². The summed E-state index contributed by atoms with van der Waals surface area (Å²) in [7, 11) is 0. The molecule has 0 saturated heterocycles. The van der Waals surface area contributed by atoms with Crippen molar-refractivity contribution in [2.75, 3.05) is 0 Å². The molecule has 0 aromatic rings. The molecule has 0 aromatic heterocycles. The molecule has 11 heavy (non-hydrogen) atoms. The van der Waals surface area contributed by atoms with E-state index in [1.54, 1.807) is 5.92 Å². The Hall–Kier alpha value is -0.720. The Labute approximate surface area is 62.6 Å². The summed E-state index contributed by atoms with van der Waals surface area (Å²) in [5, 5.41) is 0. The summed E-state index contributed by atoms with van der Waals surface area (Å²) in [5.41, 5.74) is -2.10. The zero-order valence-electron chi connectivity index (χ0n) is 6.17. The summed E-state index contributed by atoms with van der Waals surface area (Å²) >= 11 is 0. The van der Waals surface area contributed by atoms with E-state index < -0.39 is 17.8 Å². The SMILES string of the molecule is C#CC(C)(C)C(F)(F)C(F)F. The quantitative estimate of drug-likeness (QED) is 0.439. The van der Waals surface area contributed by atoms with Gasteiger partial charge >= 0.3 is 12.3 Å². The molecule has 0 heterocycles. The van der Waals surface area contributed by atoms with Crippen molar-refractivity contribution in [2.45, 2.75) is 26.2 Å².